The minimum Gasteiger partial charge on any atom is -0.284 e. The average Bonchev–Trinajstić information content (AvgIpc) is 2.61. The fraction of sp³-hybridized carbons (Fsp3) is 0.100. The Hall–Kier alpha value is -1.68. The minimum atomic E-state index is 0. The number of hydrogen-bond donors (Lipinski definition) is 0. The predicted molar refractivity (Wildman–Crippen MR) is 59.9 cm³/mol. The maximum atomic E-state index is 4.28. The molecule has 0 N–H and O–H groups in total. The van der Waals surface area contributed by atoms with Gasteiger partial charge in [0.2, 0.25) is 0 Å². The number of benzene rings is 1. The van der Waals surface area contributed by atoms with E-state index in [4.69, 9.17) is 0 Å². The van der Waals surface area contributed by atoms with E-state index >= 15 is 0 Å². The van der Waals surface area contributed by atoms with Crippen LogP contribution in [0, 0.1) is 0 Å². The average molecular weight is 221 g/mol. The molecule has 0 unspecified atom stereocenters. The van der Waals surface area contributed by atoms with Gasteiger partial charge in [-0.3, -0.25) is 9.56 Å². The first-order chi connectivity index (χ1) is 6.95. The van der Waals surface area contributed by atoms with Crippen LogP contribution in [0.1, 0.15) is 11.4 Å². The monoisotopic (exact) mass is 220 g/mol. The largest absolute Gasteiger partial charge is 0.284 e. The third-order valence-corrected chi connectivity index (χ3v) is 2.28. The van der Waals surface area contributed by atoms with Crippen LogP contribution in [-0.2, 0) is 6.54 Å². The molecule has 0 bridgehead atoms. The van der Waals surface area contributed by atoms with E-state index < -0.39 is 0 Å². The molecule has 0 amide bonds. The van der Waals surface area contributed by atoms with Crippen LogP contribution < -0.4 is 0 Å². The Labute approximate surface area is 93.1 Å². The standard InChI is InChI=1S/C10H8N4.ClH/c1-2-4-9-8(3-1)5-11-6-10-13-12-7-14(9)10;/h1-5,7H,6H2;1H. The molecule has 0 saturated carbocycles. The van der Waals surface area contributed by atoms with Crippen molar-refractivity contribution in [1.82, 2.24) is 14.8 Å². The van der Waals surface area contributed by atoms with E-state index in [0.29, 0.717) is 6.54 Å². The van der Waals surface area contributed by atoms with Gasteiger partial charge in [0, 0.05) is 11.8 Å². The Morgan fingerprint density at radius 1 is 1.20 bits per heavy atom. The highest BCUT2D eigenvalue weighted by atomic mass is 35.5. The summed E-state index contributed by atoms with van der Waals surface area (Å²) in [6.45, 7) is 0.592. The Kier molecular flexibility index (Phi) is 2.51. The van der Waals surface area contributed by atoms with Crippen molar-refractivity contribution in [2.75, 3.05) is 0 Å². The van der Waals surface area contributed by atoms with Crippen molar-refractivity contribution >= 4 is 18.6 Å². The molecule has 1 aromatic carbocycles. The molecule has 1 aliphatic heterocycles. The quantitative estimate of drug-likeness (QED) is 0.677. The number of aliphatic imine (C=N–C) groups is 1. The minimum absolute atomic E-state index is 0. The van der Waals surface area contributed by atoms with Gasteiger partial charge < -0.3 is 0 Å². The van der Waals surface area contributed by atoms with Crippen LogP contribution in [0.4, 0.5) is 0 Å². The predicted octanol–water partition coefficient (Wildman–Crippen LogP) is 1.62. The molecule has 0 spiro atoms. The molecule has 0 saturated heterocycles. The van der Waals surface area contributed by atoms with Crippen LogP contribution in [0.2, 0.25) is 0 Å². The van der Waals surface area contributed by atoms with E-state index in [9.17, 15) is 0 Å². The zero-order chi connectivity index (χ0) is 9.38. The van der Waals surface area contributed by atoms with E-state index in [2.05, 4.69) is 15.2 Å². The molecular formula is C10H9ClN4. The maximum absolute atomic E-state index is 4.28. The summed E-state index contributed by atoms with van der Waals surface area (Å²) in [7, 11) is 0. The van der Waals surface area contributed by atoms with E-state index in [1.807, 2.05) is 35.0 Å². The van der Waals surface area contributed by atoms with Crippen molar-refractivity contribution in [2.24, 2.45) is 4.99 Å². The third kappa shape index (κ3) is 1.53. The maximum Gasteiger partial charge on any atom is 0.159 e. The molecule has 1 aliphatic rings. The smallest absolute Gasteiger partial charge is 0.159 e. The van der Waals surface area contributed by atoms with Gasteiger partial charge in [0.25, 0.3) is 0 Å². The van der Waals surface area contributed by atoms with Crippen molar-refractivity contribution in [1.29, 1.82) is 0 Å². The van der Waals surface area contributed by atoms with Gasteiger partial charge in [0.15, 0.2) is 5.82 Å². The van der Waals surface area contributed by atoms with Gasteiger partial charge in [-0.1, -0.05) is 18.2 Å². The van der Waals surface area contributed by atoms with Gasteiger partial charge in [-0.2, -0.15) is 0 Å². The Morgan fingerprint density at radius 2 is 2.07 bits per heavy atom. The van der Waals surface area contributed by atoms with E-state index in [1.165, 1.54) is 0 Å². The van der Waals surface area contributed by atoms with E-state index in [0.717, 1.165) is 17.1 Å². The number of nitrogens with zero attached hydrogens (tertiary/aromatic N) is 4. The SMILES string of the molecule is C1=NCc2nncn2-c2ccccc21.Cl. The third-order valence-electron chi connectivity index (χ3n) is 2.28. The number of aromatic nitrogens is 3. The summed E-state index contributed by atoms with van der Waals surface area (Å²) in [6, 6.07) is 8.08. The topological polar surface area (TPSA) is 43.1 Å². The second-order valence-electron chi connectivity index (χ2n) is 3.15. The highest BCUT2D eigenvalue weighted by Gasteiger charge is 2.10. The molecule has 0 aliphatic carbocycles. The van der Waals surface area contributed by atoms with Gasteiger partial charge in [-0.25, -0.2) is 0 Å². The molecule has 5 heteroatoms. The normalized spacial score (nSPS) is 12.3. The number of halogens is 1. The van der Waals surface area contributed by atoms with Crippen LogP contribution in [0.15, 0.2) is 35.6 Å². The van der Waals surface area contributed by atoms with Crippen LogP contribution in [-0.4, -0.2) is 21.0 Å². The Balaban J connectivity index is 0.000000853. The van der Waals surface area contributed by atoms with Crippen molar-refractivity contribution < 1.29 is 0 Å². The van der Waals surface area contributed by atoms with Crippen LogP contribution in [0.25, 0.3) is 5.69 Å². The molecule has 3 rings (SSSR count). The zero-order valence-electron chi connectivity index (χ0n) is 7.87. The van der Waals surface area contributed by atoms with Crippen molar-refractivity contribution in [3.8, 4) is 5.69 Å². The van der Waals surface area contributed by atoms with Gasteiger partial charge >= 0.3 is 0 Å². The fourth-order valence-electron chi connectivity index (χ4n) is 1.61. The van der Waals surface area contributed by atoms with Gasteiger partial charge in [0.1, 0.15) is 6.33 Å². The van der Waals surface area contributed by atoms with Gasteiger partial charge in [-0.15, -0.1) is 22.6 Å². The van der Waals surface area contributed by atoms with Crippen LogP contribution in [0.3, 0.4) is 0 Å². The molecule has 2 aromatic rings. The lowest BCUT2D eigenvalue weighted by Gasteiger charge is -2.04. The number of fused-ring (bicyclic) bond motifs is 3. The van der Waals surface area contributed by atoms with Crippen molar-refractivity contribution in [2.45, 2.75) is 6.54 Å². The molecule has 0 atom stereocenters. The van der Waals surface area contributed by atoms with E-state index in [1.54, 1.807) is 6.33 Å². The molecule has 0 fully saturated rings. The molecule has 2 heterocycles. The van der Waals surface area contributed by atoms with Crippen LogP contribution in [0.5, 0.6) is 0 Å². The second-order valence-corrected chi connectivity index (χ2v) is 3.15. The summed E-state index contributed by atoms with van der Waals surface area (Å²) in [6.07, 6.45) is 3.60. The highest BCUT2D eigenvalue weighted by Crippen LogP contribution is 2.16. The first kappa shape index (κ1) is 9.86. The summed E-state index contributed by atoms with van der Waals surface area (Å²) in [4.78, 5) is 4.28. The summed E-state index contributed by atoms with van der Waals surface area (Å²) >= 11 is 0. The Morgan fingerprint density at radius 3 is 3.00 bits per heavy atom. The second kappa shape index (κ2) is 3.82. The molecule has 4 nitrogen and oxygen atoms in total. The summed E-state index contributed by atoms with van der Waals surface area (Å²) in [5.74, 6) is 0.881. The first-order valence-corrected chi connectivity index (χ1v) is 4.43. The van der Waals surface area contributed by atoms with Crippen molar-refractivity contribution in [3.05, 3.63) is 42.0 Å². The molecule has 15 heavy (non-hydrogen) atoms. The van der Waals surface area contributed by atoms with Gasteiger partial charge in [-0.05, 0) is 6.07 Å². The summed E-state index contributed by atoms with van der Waals surface area (Å²) in [5.41, 5.74) is 2.19. The lowest BCUT2D eigenvalue weighted by atomic mass is 10.2. The molecule has 0 radical (unpaired) electrons. The molecular weight excluding hydrogens is 212 g/mol. The van der Waals surface area contributed by atoms with Crippen molar-refractivity contribution in [3.63, 3.8) is 0 Å². The first-order valence-electron chi connectivity index (χ1n) is 4.43. The number of hydrogen-bond acceptors (Lipinski definition) is 3. The number of para-hydroxylation sites is 1. The fourth-order valence-corrected chi connectivity index (χ4v) is 1.61. The van der Waals surface area contributed by atoms with E-state index in [-0.39, 0.29) is 12.4 Å². The Bertz CT molecular complexity index is 504. The van der Waals surface area contributed by atoms with Crippen LogP contribution >= 0.6 is 12.4 Å². The lowest BCUT2D eigenvalue weighted by molar-refractivity contribution is 0.871. The number of rotatable bonds is 0. The molecule has 1 aromatic heterocycles. The summed E-state index contributed by atoms with van der Waals surface area (Å²) in [5, 5.41) is 7.90. The van der Waals surface area contributed by atoms with Gasteiger partial charge in [0.05, 0.1) is 12.2 Å². The molecule has 76 valence electrons. The lowest BCUT2D eigenvalue weighted by Crippen LogP contribution is -1.99. The summed E-state index contributed by atoms with van der Waals surface area (Å²) < 4.78 is 1.97. The zero-order valence-corrected chi connectivity index (χ0v) is 8.68. The highest BCUT2D eigenvalue weighted by molar-refractivity contribution is 5.85.